The average molecular weight is 491 g/mol. The number of hydrogen-bond donors (Lipinski definition) is 1. The summed E-state index contributed by atoms with van der Waals surface area (Å²) in [5.41, 5.74) is 2.15. The van der Waals surface area contributed by atoms with Gasteiger partial charge < -0.3 is 5.11 Å². The highest BCUT2D eigenvalue weighted by Gasteiger charge is 2.30. The molecule has 0 aliphatic rings. The molecule has 1 unspecified atom stereocenters. The predicted octanol–water partition coefficient (Wildman–Crippen LogP) is 5.60. The minimum atomic E-state index is -4.43. The molecule has 6 nitrogen and oxygen atoms in total. The number of aliphatic hydroxyl groups is 1. The van der Waals surface area contributed by atoms with Crippen molar-refractivity contribution in [2.45, 2.75) is 26.1 Å². The second-order valence-electron chi connectivity index (χ2n) is 7.13. The van der Waals surface area contributed by atoms with Gasteiger partial charge in [-0.05, 0) is 43.7 Å². The van der Waals surface area contributed by atoms with E-state index in [2.05, 4.69) is 10.1 Å². The topological polar surface area (TPSA) is 85.1 Å². The number of aromatic nitrogens is 3. The summed E-state index contributed by atoms with van der Waals surface area (Å²) in [5.74, 6) is -0.361. The maximum absolute atomic E-state index is 13.6. The van der Waals surface area contributed by atoms with Gasteiger partial charge in [0.25, 0.3) is 0 Å². The number of carbonyl (C=O) groups excluding carboxylic acids is 2. The van der Waals surface area contributed by atoms with E-state index in [1.165, 1.54) is 40.3 Å². The third-order valence-corrected chi connectivity index (χ3v) is 5.95. The van der Waals surface area contributed by atoms with Crippen LogP contribution in [0.25, 0.3) is 27.5 Å². The Morgan fingerprint density at radius 1 is 1.09 bits per heavy atom. The molecule has 0 radical (unpaired) electrons. The second kappa shape index (κ2) is 10.1. The first-order valence-electron chi connectivity index (χ1n) is 9.73. The summed E-state index contributed by atoms with van der Waals surface area (Å²) in [6, 6.07) is 10.8. The number of halogens is 4. The third-order valence-electron chi connectivity index (χ3n) is 4.74. The zero-order chi connectivity index (χ0) is 25.0. The molecule has 176 valence electrons. The highest BCUT2D eigenvalue weighted by molar-refractivity contribution is 7.14. The highest BCUT2D eigenvalue weighted by Crippen LogP contribution is 2.37. The minimum Gasteiger partial charge on any atom is -0.388 e. The van der Waals surface area contributed by atoms with Crippen molar-refractivity contribution in [3.8, 4) is 27.5 Å². The van der Waals surface area contributed by atoms with Gasteiger partial charge in [-0.3, -0.25) is 0 Å². The lowest BCUT2D eigenvalue weighted by Gasteiger charge is -2.08. The molecule has 0 saturated heterocycles. The molecule has 4 rings (SSSR count). The van der Waals surface area contributed by atoms with Crippen molar-refractivity contribution < 1.29 is 32.3 Å². The molecule has 4 aromatic rings. The number of aliphatic hydroxyl groups excluding tert-OH is 1. The number of alkyl halides is 3. The van der Waals surface area contributed by atoms with Crippen LogP contribution in [0.15, 0.2) is 54.7 Å². The zero-order valence-corrected chi connectivity index (χ0v) is 18.6. The Morgan fingerprint density at radius 3 is 2.29 bits per heavy atom. The molecular formula is C23H17F4N3O3S. The first kappa shape index (κ1) is 25.0. The van der Waals surface area contributed by atoms with Gasteiger partial charge >= 0.3 is 12.3 Å². The van der Waals surface area contributed by atoms with E-state index in [4.69, 9.17) is 9.59 Å². The average Bonchev–Trinajstić information content (AvgIpc) is 3.38. The quantitative estimate of drug-likeness (QED) is 0.376. The van der Waals surface area contributed by atoms with Gasteiger partial charge in [0.15, 0.2) is 0 Å². The first-order valence-corrected chi connectivity index (χ1v) is 10.5. The number of nitrogens with zero attached hydrogens (tertiary/aromatic N) is 3. The molecule has 1 atom stereocenters. The maximum atomic E-state index is 13.6. The molecule has 34 heavy (non-hydrogen) atoms. The molecule has 2 heterocycles. The van der Waals surface area contributed by atoms with Crippen LogP contribution in [0, 0.1) is 12.7 Å². The van der Waals surface area contributed by atoms with E-state index in [1.807, 2.05) is 0 Å². The van der Waals surface area contributed by atoms with Gasteiger partial charge in [-0.1, -0.05) is 35.6 Å². The summed E-state index contributed by atoms with van der Waals surface area (Å²) in [5, 5.41) is 15.1. The van der Waals surface area contributed by atoms with Gasteiger partial charge in [-0.25, -0.2) is 14.1 Å². The van der Waals surface area contributed by atoms with Crippen LogP contribution < -0.4 is 0 Å². The van der Waals surface area contributed by atoms with E-state index < -0.39 is 17.8 Å². The molecule has 0 amide bonds. The summed E-state index contributed by atoms with van der Waals surface area (Å²) in [6.45, 7) is 3.36. The van der Waals surface area contributed by atoms with E-state index in [0.29, 0.717) is 32.5 Å². The van der Waals surface area contributed by atoms with Gasteiger partial charge in [-0.15, -0.1) is 0 Å². The van der Waals surface area contributed by atoms with E-state index >= 15 is 0 Å². The Balaban J connectivity index is 0.00000103. The number of benzene rings is 2. The largest absolute Gasteiger partial charge is 0.416 e. The fourth-order valence-corrected chi connectivity index (χ4v) is 4.17. The molecule has 0 fully saturated rings. The van der Waals surface area contributed by atoms with Crippen molar-refractivity contribution in [2.75, 3.05) is 0 Å². The van der Waals surface area contributed by atoms with E-state index in [9.17, 15) is 22.7 Å². The molecule has 1 N–H and O–H groups in total. The van der Waals surface area contributed by atoms with Gasteiger partial charge in [-0.2, -0.15) is 27.9 Å². The zero-order valence-electron chi connectivity index (χ0n) is 17.8. The van der Waals surface area contributed by atoms with Gasteiger partial charge in [0.1, 0.15) is 5.82 Å². The number of hydrogen-bond acceptors (Lipinski definition) is 6. The molecule has 11 heteroatoms. The Hall–Kier alpha value is -3.66. The van der Waals surface area contributed by atoms with Crippen molar-refractivity contribution in [3.05, 3.63) is 76.7 Å². The van der Waals surface area contributed by atoms with Crippen molar-refractivity contribution >= 4 is 17.5 Å². The summed E-state index contributed by atoms with van der Waals surface area (Å²) >= 11 is 1.19. The minimum absolute atomic E-state index is 0.250. The van der Waals surface area contributed by atoms with Gasteiger partial charge in [0.2, 0.25) is 5.13 Å². The summed E-state index contributed by atoms with van der Waals surface area (Å²) in [6.07, 6.45) is -3.34. The summed E-state index contributed by atoms with van der Waals surface area (Å²) in [7, 11) is 0. The van der Waals surface area contributed by atoms with Crippen LogP contribution in [0.2, 0.25) is 0 Å². The lowest BCUT2D eigenvalue weighted by atomic mass is 10.1. The van der Waals surface area contributed by atoms with Crippen LogP contribution in [0.5, 0.6) is 0 Å². The molecule has 0 bridgehead atoms. The Bertz CT molecular complexity index is 1320. The van der Waals surface area contributed by atoms with Crippen LogP contribution in [0.3, 0.4) is 0 Å². The van der Waals surface area contributed by atoms with Gasteiger partial charge in [0, 0.05) is 17.3 Å². The highest BCUT2D eigenvalue weighted by atomic mass is 32.1. The van der Waals surface area contributed by atoms with Crippen LogP contribution in [0.1, 0.15) is 29.2 Å². The molecule has 0 aliphatic heterocycles. The van der Waals surface area contributed by atoms with Crippen molar-refractivity contribution in [2.24, 2.45) is 0 Å². The van der Waals surface area contributed by atoms with E-state index in [1.54, 1.807) is 32.2 Å². The van der Waals surface area contributed by atoms with E-state index in [-0.39, 0.29) is 12.0 Å². The second-order valence-corrected chi connectivity index (χ2v) is 8.14. The number of aryl methyl sites for hydroxylation is 1. The summed E-state index contributed by atoms with van der Waals surface area (Å²) < 4.78 is 53.8. The number of thiazole rings is 1. The molecule has 2 aromatic heterocycles. The summed E-state index contributed by atoms with van der Waals surface area (Å²) in [4.78, 5) is 21.3. The number of rotatable bonds is 4. The van der Waals surface area contributed by atoms with Crippen molar-refractivity contribution in [3.63, 3.8) is 0 Å². The maximum Gasteiger partial charge on any atom is 0.416 e. The van der Waals surface area contributed by atoms with Crippen LogP contribution in [-0.2, 0) is 15.8 Å². The Kier molecular flexibility index (Phi) is 7.41. The lowest BCUT2D eigenvalue weighted by molar-refractivity contribution is -0.191. The smallest absolute Gasteiger partial charge is 0.388 e. The third kappa shape index (κ3) is 5.45. The standard InChI is InChI=1S/C22H17F4N3OS.CO2/c1-12-18(15-4-3-5-17(23)10-15)11-29(28-12)21-27-19(20(31-21)13(2)30)14-6-8-16(9-7-14)22(24,25)26;2-1-3/h3-11,13,30H,1-2H3;. The van der Waals surface area contributed by atoms with Crippen LogP contribution in [-0.4, -0.2) is 26.0 Å². The SMILES string of the molecule is Cc1nn(-c2nc(-c3ccc(C(F)(F)F)cc3)c(C(C)O)s2)cc1-c1cccc(F)c1.O=C=O. The van der Waals surface area contributed by atoms with Gasteiger partial charge in [0.05, 0.1) is 27.9 Å². The fourth-order valence-electron chi connectivity index (χ4n) is 3.22. The molecule has 0 saturated carbocycles. The van der Waals surface area contributed by atoms with Crippen molar-refractivity contribution in [1.29, 1.82) is 0 Å². The normalized spacial score (nSPS) is 12.0. The molecule has 0 spiro atoms. The fraction of sp³-hybridized carbons (Fsp3) is 0.174. The molecular weight excluding hydrogens is 474 g/mol. The Labute approximate surface area is 195 Å². The molecule has 0 aliphatic carbocycles. The monoisotopic (exact) mass is 491 g/mol. The first-order chi connectivity index (χ1) is 16.0. The van der Waals surface area contributed by atoms with Crippen molar-refractivity contribution in [1.82, 2.24) is 14.8 Å². The van der Waals surface area contributed by atoms with Crippen LogP contribution in [0.4, 0.5) is 17.6 Å². The molecule has 2 aromatic carbocycles. The Morgan fingerprint density at radius 2 is 1.74 bits per heavy atom. The van der Waals surface area contributed by atoms with E-state index in [0.717, 1.165) is 17.7 Å². The predicted molar refractivity (Wildman–Crippen MR) is 115 cm³/mol. The lowest BCUT2D eigenvalue weighted by Crippen LogP contribution is -2.04. The van der Waals surface area contributed by atoms with Crippen LogP contribution >= 0.6 is 11.3 Å².